The minimum atomic E-state index is -1.00. The molecule has 8 heteroatoms. The van der Waals surface area contributed by atoms with E-state index in [1.807, 2.05) is 31.4 Å². The van der Waals surface area contributed by atoms with Crippen LogP contribution in [0.3, 0.4) is 0 Å². The second-order valence-corrected chi connectivity index (χ2v) is 8.33. The zero-order valence-corrected chi connectivity index (χ0v) is 17.3. The monoisotopic (exact) mass is 414 g/mol. The van der Waals surface area contributed by atoms with Crippen molar-refractivity contribution in [2.75, 3.05) is 0 Å². The van der Waals surface area contributed by atoms with Crippen molar-refractivity contribution in [1.82, 2.24) is 14.9 Å². The second-order valence-electron chi connectivity index (χ2n) is 7.03. The van der Waals surface area contributed by atoms with Gasteiger partial charge in [-0.05, 0) is 30.5 Å². The third-order valence-electron chi connectivity index (χ3n) is 4.82. The molecule has 0 aliphatic carbocycles. The number of amides is 1. The summed E-state index contributed by atoms with van der Waals surface area (Å²) < 4.78 is 1.27. The predicted molar refractivity (Wildman–Crippen MR) is 111 cm³/mol. The molecule has 3 aromatic rings. The fraction of sp³-hybridized carbons (Fsp3) is 0.300. The third kappa shape index (κ3) is 3.79. The highest BCUT2D eigenvalue weighted by Crippen LogP contribution is 2.31. The Morgan fingerprint density at radius 2 is 2.07 bits per heavy atom. The summed E-state index contributed by atoms with van der Waals surface area (Å²) in [5.74, 6) is -0.489. The molecule has 1 amide bonds. The largest absolute Gasteiger partial charge is 0.336 e. The first-order valence-corrected chi connectivity index (χ1v) is 9.96. The quantitative estimate of drug-likeness (QED) is 0.687. The van der Waals surface area contributed by atoms with E-state index in [9.17, 15) is 14.9 Å². The van der Waals surface area contributed by atoms with Crippen LogP contribution in [0.25, 0.3) is 21.3 Å². The van der Waals surface area contributed by atoms with Crippen LogP contribution in [0.15, 0.2) is 40.8 Å². The van der Waals surface area contributed by atoms with Gasteiger partial charge in [0.05, 0.1) is 17.8 Å². The molecule has 0 bridgehead atoms. The molecule has 0 saturated heterocycles. The van der Waals surface area contributed by atoms with Crippen LogP contribution in [0.5, 0.6) is 0 Å². The third-order valence-corrected chi connectivity index (χ3v) is 5.95. The molecule has 1 aromatic carbocycles. The van der Waals surface area contributed by atoms with E-state index in [1.54, 1.807) is 19.1 Å². The summed E-state index contributed by atoms with van der Waals surface area (Å²) in [7, 11) is 0. The average Bonchev–Trinajstić information content (AvgIpc) is 3.09. The van der Waals surface area contributed by atoms with E-state index < -0.39 is 11.4 Å². The summed E-state index contributed by atoms with van der Waals surface area (Å²) in [6.07, 6.45) is 1.37. The number of aromatic nitrogens is 2. The number of carbonyl (C=O) groups excluding carboxylic acids is 1. The number of fused-ring (bicyclic) bond motifs is 1. The molecule has 0 aliphatic rings. The molecular formula is C20H19ClN4O2S. The average molecular weight is 415 g/mol. The molecule has 0 spiro atoms. The minimum absolute atomic E-state index is 0.0767. The van der Waals surface area contributed by atoms with E-state index in [4.69, 9.17) is 11.6 Å². The maximum atomic E-state index is 13.0. The van der Waals surface area contributed by atoms with Crippen LogP contribution < -0.4 is 10.9 Å². The summed E-state index contributed by atoms with van der Waals surface area (Å²) >= 11 is 7.32. The Bertz CT molecular complexity index is 1130. The minimum Gasteiger partial charge on any atom is -0.336 e. The van der Waals surface area contributed by atoms with Crippen molar-refractivity contribution in [1.29, 1.82) is 5.26 Å². The van der Waals surface area contributed by atoms with Crippen molar-refractivity contribution in [2.45, 2.75) is 32.9 Å². The first-order valence-electron chi connectivity index (χ1n) is 8.70. The lowest BCUT2D eigenvalue weighted by Gasteiger charge is -2.27. The predicted octanol–water partition coefficient (Wildman–Crippen LogP) is 3.83. The van der Waals surface area contributed by atoms with Crippen LogP contribution in [0, 0.1) is 17.2 Å². The van der Waals surface area contributed by atoms with Gasteiger partial charge in [-0.3, -0.25) is 14.2 Å². The molecule has 0 saturated carbocycles. The lowest BCUT2D eigenvalue weighted by atomic mass is 9.90. The topological polar surface area (TPSA) is 87.8 Å². The number of rotatable bonds is 5. The van der Waals surface area contributed by atoms with Gasteiger partial charge in [-0.25, -0.2) is 4.98 Å². The van der Waals surface area contributed by atoms with Crippen LogP contribution >= 0.6 is 22.9 Å². The van der Waals surface area contributed by atoms with Crippen LogP contribution in [-0.2, 0) is 11.3 Å². The zero-order chi connectivity index (χ0) is 20.5. The van der Waals surface area contributed by atoms with E-state index in [-0.39, 0.29) is 18.0 Å². The van der Waals surface area contributed by atoms with Gasteiger partial charge in [0.1, 0.15) is 16.9 Å². The van der Waals surface area contributed by atoms with Crippen molar-refractivity contribution in [3.8, 4) is 17.2 Å². The lowest BCUT2D eigenvalue weighted by Crippen LogP contribution is -2.50. The Morgan fingerprint density at radius 3 is 2.68 bits per heavy atom. The molecular weight excluding hydrogens is 396 g/mol. The van der Waals surface area contributed by atoms with Gasteiger partial charge in [0.15, 0.2) is 0 Å². The van der Waals surface area contributed by atoms with Crippen molar-refractivity contribution in [2.24, 2.45) is 5.92 Å². The smallest absolute Gasteiger partial charge is 0.263 e. The maximum absolute atomic E-state index is 13.0. The van der Waals surface area contributed by atoms with E-state index >= 15 is 0 Å². The van der Waals surface area contributed by atoms with Crippen molar-refractivity contribution >= 4 is 39.1 Å². The highest BCUT2D eigenvalue weighted by atomic mass is 35.5. The van der Waals surface area contributed by atoms with E-state index in [0.29, 0.717) is 15.2 Å². The van der Waals surface area contributed by atoms with Gasteiger partial charge >= 0.3 is 0 Å². The number of hydrogen-bond acceptors (Lipinski definition) is 5. The molecule has 0 radical (unpaired) electrons. The molecule has 1 atom stereocenters. The van der Waals surface area contributed by atoms with Crippen LogP contribution in [0.4, 0.5) is 0 Å². The van der Waals surface area contributed by atoms with Gasteiger partial charge in [-0.15, -0.1) is 11.3 Å². The number of hydrogen-bond donors (Lipinski definition) is 1. The van der Waals surface area contributed by atoms with Crippen LogP contribution in [0.2, 0.25) is 5.02 Å². The highest BCUT2D eigenvalue weighted by Gasteiger charge is 2.30. The first kappa shape index (κ1) is 20.1. The molecule has 144 valence electrons. The Hall–Kier alpha value is -2.69. The summed E-state index contributed by atoms with van der Waals surface area (Å²) in [4.78, 5) is 30.4. The normalized spacial score (nSPS) is 13.3. The summed E-state index contributed by atoms with van der Waals surface area (Å²) in [5.41, 5.74) is 0.311. The van der Waals surface area contributed by atoms with E-state index in [2.05, 4.69) is 16.4 Å². The van der Waals surface area contributed by atoms with Gasteiger partial charge in [-0.1, -0.05) is 37.6 Å². The summed E-state index contributed by atoms with van der Waals surface area (Å²) in [5, 5.41) is 15.0. The van der Waals surface area contributed by atoms with E-state index in [0.717, 1.165) is 11.1 Å². The van der Waals surface area contributed by atoms with Crippen molar-refractivity contribution < 1.29 is 4.79 Å². The van der Waals surface area contributed by atoms with Crippen molar-refractivity contribution in [3.63, 3.8) is 0 Å². The van der Waals surface area contributed by atoms with Gasteiger partial charge in [0.25, 0.3) is 5.56 Å². The SMILES string of the molecule is CC(C)[C@](C)(C#N)NC(=O)Cn1cnc2scc(-c3ccc(Cl)cc3)c2c1=O. The number of halogens is 1. The number of nitriles is 1. The molecule has 0 unspecified atom stereocenters. The molecule has 0 aliphatic heterocycles. The number of nitrogens with one attached hydrogen (secondary N) is 1. The standard InChI is InChI=1S/C20H19ClN4O2S/c1-12(2)20(3,10-22)24-16(26)8-25-11-23-18-17(19(25)27)15(9-28-18)13-4-6-14(21)7-5-13/h4-7,9,11-12H,8H2,1-3H3,(H,24,26)/t20-/m0/s1. The summed E-state index contributed by atoms with van der Waals surface area (Å²) in [6.45, 7) is 5.17. The Morgan fingerprint density at radius 1 is 1.39 bits per heavy atom. The molecule has 0 fully saturated rings. The Labute approximate surface area is 171 Å². The highest BCUT2D eigenvalue weighted by molar-refractivity contribution is 7.17. The van der Waals surface area contributed by atoms with Gasteiger partial charge in [0, 0.05) is 16.0 Å². The zero-order valence-electron chi connectivity index (χ0n) is 15.7. The van der Waals surface area contributed by atoms with Gasteiger partial charge in [-0.2, -0.15) is 5.26 Å². The number of thiophene rings is 1. The van der Waals surface area contributed by atoms with Crippen LogP contribution in [0.1, 0.15) is 20.8 Å². The first-order chi connectivity index (χ1) is 13.2. The number of carbonyl (C=O) groups is 1. The molecule has 28 heavy (non-hydrogen) atoms. The lowest BCUT2D eigenvalue weighted by molar-refractivity contribution is -0.123. The van der Waals surface area contributed by atoms with Gasteiger partial charge < -0.3 is 5.32 Å². The molecule has 1 N–H and O–H groups in total. The molecule has 6 nitrogen and oxygen atoms in total. The Balaban J connectivity index is 1.96. The molecule has 2 heterocycles. The molecule has 2 aromatic heterocycles. The summed E-state index contributed by atoms with van der Waals surface area (Å²) in [6, 6.07) is 9.33. The number of benzene rings is 1. The van der Waals surface area contributed by atoms with Crippen molar-refractivity contribution in [3.05, 3.63) is 51.3 Å². The second kappa shape index (κ2) is 7.74. The Kier molecular flexibility index (Phi) is 5.54. The number of nitrogens with zero attached hydrogens (tertiary/aromatic N) is 3. The fourth-order valence-electron chi connectivity index (χ4n) is 2.71. The molecule has 3 rings (SSSR count). The van der Waals surface area contributed by atoms with E-state index in [1.165, 1.54) is 22.2 Å². The maximum Gasteiger partial charge on any atom is 0.263 e. The fourth-order valence-corrected chi connectivity index (χ4v) is 3.74. The van der Waals surface area contributed by atoms with Crippen LogP contribution in [-0.4, -0.2) is 21.0 Å². The van der Waals surface area contributed by atoms with Gasteiger partial charge in [0.2, 0.25) is 5.91 Å².